The first-order valence-corrected chi connectivity index (χ1v) is 8.46. The molecule has 0 aliphatic rings. The Morgan fingerprint density at radius 3 is 2.44 bits per heavy atom. The maximum absolute atomic E-state index is 12.9. The topological polar surface area (TPSA) is 48.3 Å². The van der Waals surface area contributed by atoms with E-state index in [1.807, 2.05) is 57.4 Å². The van der Waals surface area contributed by atoms with Gasteiger partial charge in [-0.05, 0) is 19.1 Å². The van der Waals surface area contributed by atoms with Crippen LogP contribution in [0.5, 0.6) is 5.75 Å². The van der Waals surface area contributed by atoms with E-state index in [0.29, 0.717) is 11.3 Å². The summed E-state index contributed by atoms with van der Waals surface area (Å²) in [6.45, 7) is 13.5. The summed E-state index contributed by atoms with van der Waals surface area (Å²) in [5, 5.41) is 0.834. The Balaban J connectivity index is 2.59. The molecule has 1 aromatic heterocycles. The molecule has 1 aromatic carbocycles. The summed E-state index contributed by atoms with van der Waals surface area (Å²) < 4.78 is 7.16. The quantitative estimate of drug-likeness (QED) is 0.567. The minimum absolute atomic E-state index is 0.0182. The monoisotopic (exact) mass is 341 g/mol. The minimum atomic E-state index is -0.440. The van der Waals surface area contributed by atoms with Gasteiger partial charge in [-0.3, -0.25) is 9.59 Å². The number of allylic oxidation sites excluding steroid dienone is 1. The van der Waals surface area contributed by atoms with Gasteiger partial charge in [-0.2, -0.15) is 0 Å². The van der Waals surface area contributed by atoms with Gasteiger partial charge in [0.05, 0.1) is 19.2 Å². The molecule has 2 aromatic rings. The second-order valence-corrected chi connectivity index (χ2v) is 7.66. The molecule has 0 N–H and O–H groups in total. The van der Waals surface area contributed by atoms with Gasteiger partial charge in [-0.15, -0.1) is 0 Å². The van der Waals surface area contributed by atoms with Gasteiger partial charge in [-0.25, -0.2) is 0 Å². The van der Waals surface area contributed by atoms with Crippen molar-refractivity contribution in [1.82, 2.24) is 4.57 Å². The smallest absolute Gasteiger partial charge is 0.171 e. The Kier molecular flexibility index (Phi) is 5.21. The van der Waals surface area contributed by atoms with Crippen LogP contribution in [-0.2, 0) is 11.3 Å². The lowest BCUT2D eigenvalue weighted by atomic mass is 9.91. The number of aromatic nitrogens is 1. The molecule has 0 aliphatic heterocycles. The van der Waals surface area contributed by atoms with Crippen molar-refractivity contribution in [1.29, 1.82) is 0 Å². The lowest BCUT2D eigenvalue weighted by molar-refractivity contribution is -0.126. The first-order valence-electron chi connectivity index (χ1n) is 8.46. The number of methoxy groups -OCH3 is 1. The molecule has 134 valence electrons. The molecule has 1 heterocycles. The molecule has 0 saturated carbocycles. The van der Waals surface area contributed by atoms with Gasteiger partial charge in [0.25, 0.3) is 0 Å². The number of carbonyl (C=O) groups is 2. The van der Waals surface area contributed by atoms with Gasteiger partial charge in [0.2, 0.25) is 0 Å². The number of carbonyl (C=O) groups excluding carboxylic acids is 2. The predicted molar refractivity (Wildman–Crippen MR) is 101 cm³/mol. The van der Waals surface area contributed by atoms with Gasteiger partial charge >= 0.3 is 0 Å². The average Bonchev–Trinajstić information content (AvgIpc) is 2.90. The molecule has 0 amide bonds. The molecule has 2 rings (SSSR count). The summed E-state index contributed by atoms with van der Waals surface area (Å²) in [6, 6.07) is 5.58. The van der Waals surface area contributed by atoms with Crippen molar-refractivity contribution in [2.45, 2.75) is 41.2 Å². The van der Waals surface area contributed by atoms with E-state index in [2.05, 4.69) is 6.58 Å². The number of ether oxygens (including phenoxy) is 1. The summed E-state index contributed by atoms with van der Waals surface area (Å²) >= 11 is 0. The first kappa shape index (κ1) is 19.0. The van der Waals surface area contributed by atoms with Crippen LogP contribution < -0.4 is 4.74 Å². The van der Waals surface area contributed by atoms with Crippen LogP contribution in [0.1, 0.15) is 45.0 Å². The van der Waals surface area contributed by atoms with E-state index in [1.54, 1.807) is 13.3 Å². The van der Waals surface area contributed by atoms with E-state index in [0.717, 1.165) is 16.5 Å². The van der Waals surface area contributed by atoms with Crippen LogP contribution in [0.2, 0.25) is 0 Å². The number of hydrogen-bond donors (Lipinski definition) is 0. The van der Waals surface area contributed by atoms with E-state index in [4.69, 9.17) is 4.74 Å². The van der Waals surface area contributed by atoms with Gasteiger partial charge < -0.3 is 9.30 Å². The van der Waals surface area contributed by atoms with Crippen molar-refractivity contribution < 1.29 is 14.3 Å². The molecular weight excluding hydrogens is 314 g/mol. The van der Waals surface area contributed by atoms with Crippen LogP contribution in [0.3, 0.4) is 0 Å². The van der Waals surface area contributed by atoms with Crippen molar-refractivity contribution in [3.63, 3.8) is 0 Å². The number of nitrogens with zero attached hydrogens (tertiary/aromatic N) is 1. The normalized spacial score (nSPS) is 12.9. The molecule has 1 unspecified atom stereocenters. The number of rotatable bonds is 6. The lowest BCUT2D eigenvalue weighted by Crippen LogP contribution is -2.24. The highest BCUT2D eigenvalue weighted by Gasteiger charge is 2.25. The zero-order chi connectivity index (χ0) is 18.9. The highest BCUT2D eigenvalue weighted by Crippen LogP contribution is 2.29. The number of Topliss-reactive ketones (excluding diaryl/α,β-unsaturated/α-hetero) is 2. The summed E-state index contributed by atoms with van der Waals surface area (Å²) in [4.78, 5) is 25.4. The Bertz CT molecular complexity index is 837. The Hall–Kier alpha value is -2.36. The lowest BCUT2D eigenvalue weighted by Gasteiger charge is -2.17. The van der Waals surface area contributed by atoms with E-state index < -0.39 is 5.41 Å². The maximum atomic E-state index is 12.9. The number of hydrogen-bond acceptors (Lipinski definition) is 3. The summed E-state index contributed by atoms with van der Waals surface area (Å²) in [6.07, 6.45) is 1.79. The molecule has 4 heteroatoms. The van der Waals surface area contributed by atoms with E-state index in [1.165, 1.54) is 0 Å². The van der Waals surface area contributed by atoms with Gasteiger partial charge in [-0.1, -0.05) is 39.8 Å². The molecule has 0 aliphatic carbocycles. The fourth-order valence-corrected chi connectivity index (χ4v) is 2.57. The first-order chi connectivity index (χ1) is 11.6. The zero-order valence-corrected chi connectivity index (χ0v) is 16.0. The van der Waals surface area contributed by atoms with E-state index >= 15 is 0 Å². The second-order valence-electron chi connectivity index (χ2n) is 7.66. The van der Waals surface area contributed by atoms with E-state index in [-0.39, 0.29) is 24.0 Å². The Morgan fingerprint density at radius 2 is 1.92 bits per heavy atom. The van der Waals surface area contributed by atoms with Crippen LogP contribution in [0, 0.1) is 11.3 Å². The molecule has 4 nitrogen and oxygen atoms in total. The fourth-order valence-electron chi connectivity index (χ4n) is 2.57. The summed E-state index contributed by atoms with van der Waals surface area (Å²) in [7, 11) is 1.60. The van der Waals surface area contributed by atoms with Crippen LogP contribution in [-0.4, -0.2) is 23.2 Å². The predicted octanol–water partition coefficient (Wildman–Crippen LogP) is 4.66. The zero-order valence-electron chi connectivity index (χ0n) is 16.0. The Morgan fingerprint density at radius 1 is 1.28 bits per heavy atom. The molecule has 0 saturated heterocycles. The van der Waals surface area contributed by atoms with Crippen molar-refractivity contribution in [3.8, 4) is 5.75 Å². The Labute approximate surface area is 149 Å². The van der Waals surface area contributed by atoms with Crippen LogP contribution in [0.25, 0.3) is 10.9 Å². The van der Waals surface area contributed by atoms with Gasteiger partial charge in [0.15, 0.2) is 11.6 Å². The highest BCUT2D eigenvalue weighted by molar-refractivity contribution is 6.10. The maximum Gasteiger partial charge on any atom is 0.171 e. The molecule has 0 bridgehead atoms. The molecule has 25 heavy (non-hydrogen) atoms. The molecule has 0 radical (unpaired) electrons. The standard InChI is InChI=1S/C21H27NO3/c1-13(2)14(3)20(24)17-11-22(12-19(23)21(4,5)6)18-10-15(25-7)8-9-16(17)18/h8-11,14H,1,12H2,2-7H3. The molecule has 0 spiro atoms. The van der Waals surface area contributed by atoms with Crippen molar-refractivity contribution in [2.75, 3.05) is 7.11 Å². The minimum Gasteiger partial charge on any atom is -0.497 e. The van der Waals surface area contributed by atoms with Crippen LogP contribution in [0.4, 0.5) is 0 Å². The van der Waals surface area contributed by atoms with Gasteiger partial charge in [0, 0.05) is 34.5 Å². The summed E-state index contributed by atoms with van der Waals surface area (Å²) in [5.74, 6) is 0.560. The largest absolute Gasteiger partial charge is 0.497 e. The van der Waals surface area contributed by atoms with Gasteiger partial charge in [0.1, 0.15) is 5.75 Å². The van der Waals surface area contributed by atoms with Crippen molar-refractivity contribution >= 4 is 22.5 Å². The number of ketones is 2. The van der Waals surface area contributed by atoms with Crippen molar-refractivity contribution in [2.24, 2.45) is 11.3 Å². The second kappa shape index (κ2) is 6.87. The SMILES string of the molecule is C=C(C)C(C)C(=O)c1cn(CC(=O)C(C)(C)C)c2cc(OC)ccc12. The van der Waals surface area contributed by atoms with Crippen molar-refractivity contribution in [3.05, 3.63) is 42.1 Å². The number of benzene rings is 1. The molecular formula is C21H27NO3. The summed E-state index contributed by atoms with van der Waals surface area (Å²) in [5.41, 5.74) is 1.83. The fraction of sp³-hybridized carbons (Fsp3) is 0.429. The van der Waals surface area contributed by atoms with Crippen LogP contribution >= 0.6 is 0 Å². The third-order valence-corrected chi connectivity index (χ3v) is 4.64. The number of fused-ring (bicyclic) bond motifs is 1. The van der Waals surface area contributed by atoms with E-state index in [9.17, 15) is 9.59 Å². The molecule has 1 atom stereocenters. The third-order valence-electron chi connectivity index (χ3n) is 4.64. The average molecular weight is 341 g/mol. The third kappa shape index (κ3) is 3.84. The highest BCUT2D eigenvalue weighted by atomic mass is 16.5. The van der Waals surface area contributed by atoms with Crippen LogP contribution in [0.15, 0.2) is 36.5 Å². The molecule has 0 fully saturated rings.